The van der Waals surface area contributed by atoms with Gasteiger partial charge in [-0.2, -0.15) is 0 Å². The number of rotatable bonds is 4. The third kappa shape index (κ3) is 3.13. The van der Waals surface area contributed by atoms with Gasteiger partial charge >= 0.3 is 0 Å². The standard InChI is InChI=1S/C19H14N2O3/c1-2-11-20-18(22)14-8-4-5-9-15(14)21-19(23)17-12-13-7-3-6-10-16(13)24-17/h1,3-10,12H,11H2,(H,20,22)(H,21,23). The van der Waals surface area contributed by atoms with E-state index in [1.165, 1.54) is 0 Å². The summed E-state index contributed by atoms with van der Waals surface area (Å²) < 4.78 is 5.53. The van der Waals surface area contributed by atoms with Gasteiger partial charge in [0.25, 0.3) is 11.8 Å². The molecule has 2 amide bonds. The van der Waals surface area contributed by atoms with Gasteiger partial charge in [-0.1, -0.05) is 36.3 Å². The van der Waals surface area contributed by atoms with Crippen LogP contribution in [0.3, 0.4) is 0 Å². The van der Waals surface area contributed by atoms with Gasteiger partial charge in [-0.3, -0.25) is 9.59 Å². The Bertz CT molecular complexity index is 917. The number of amides is 2. The Morgan fingerprint density at radius 1 is 1.04 bits per heavy atom. The van der Waals surface area contributed by atoms with Crippen molar-refractivity contribution in [1.82, 2.24) is 5.32 Å². The minimum absolute atomic E-state index is 0.116. The highest BCUT2D eigenvalue weighted by atomic mass is 16.3. The highest BCUT2D eigenvalue weighted by molar-refractivity contribution is 6.09. The molecule has 118 valence electrons. The molecule has 0 saturated carbocycles. The molecule has 1 aromatic heterocycles. The van der Waals surface area contributed by atoms with Crippen molar-refractivity contribution in [2.45, 2.75) is 0 Å². The van der Waals surface area contributed by atoms with Crippen molar-refractivity contribution in [3.63, 3.8) is 0 Å². The van der Waals surface area contributed by atoms with Gasteiger partial charge in [0.05, 0.1) is 17.8 Å². The van der Waals surface area contributed by atoms with Crippen molar-refractivity contribution in [2.24, 2.45) is 0 Å². The van der Waals surface area contributed by atoms with E-state index in [0.29, 0.717) is 16.8 Å². The van der Waals surface area contributed by atoms with Crippen LogP contribution in [0.4, 0.5) is 5.69 Å². The summed E-state index contributed by atoms with van der Waals surface area (Å²) in [5.41, 5.74) is 1.34. The van der Waals surface area contributed by atoms with Crippen LogP contribution in [0.15, 0.2) is 59.0 Å². The number of hydrogen-bond acceptors (Lipinski definition) is 3. The highest BCUT2D eigenvalue weighted by Gasteiger charge is 2.16. The van der Waals surface area contributed by atoms with Gasteiger partial charge in [0.1, 0.15) is 5.58 Å². The molecule has 0 saturated heterocycles. The number of carbonyl (C=O) groups excluding carboxylic acids is 2. The van der Waals surface area contributed by atoms with E-state index in [1.807, 2.05) is 18.2 Å². The number of furan rings is 1. The lowest BCUT2D eigenvalue weighted by Crippen LogP contribution is -2.25. The zero-order valence-electron chi connectivity index (χ0n) is 12.7. The van der Waals surface area contributed by atoms with Crippen molar-refractivity contribution in [3.05, 3.63) is 65.9 Å². The molecule has 3 aromatic rings. The van der Waals surface area contributed by atoms with Crippen molar-refractivity contribution >= 4 is 28.5 Å². The summed E-state index contributed by atoms with van der Waals surface area (Å²) in [7, 11) is 0. The van der Waals surface area contributed by atoms with Crippen molar-refractivity contribution in [2.75, 3.05) is 11.9 Å². The molecular weight excluding hydrogens is 304 g/mol. The summed E-state index contributed by atoms with van der Waals surface area (Å²) in [6, 6.07) is 15.7. The normalized spacial score (nSPS) is 10.1. The first-order valence-corrected chi connectivity index (χ1v) is 7.29. The SMILES string of the molecule is C#CCNC(=O)c1ccccc1NC(=O)c1cc2ccccc2o1. The average Bonchev–Trinajstić information content (AvgIpc) is 3.04. The lowest BCUT2D eigenvalue weighted by Gasteiger charge is -2.09. The van der Waals surface area contributed by atoms with Crippen LogP contribution in [0.5, 0.6) is 0 Å². The fraction of sp³-hybridized carbons (Fsp3) is 0.0526. The largest absolute Gasteiger partial charge is 0.451 e. The summed E-state index contributed by atoms with van der Waals surface area (Å²) >= 11 is 0. The summed E-state index contributed by atoms with van der Waals surface area (Å²) in [6.45, 7) is 0.116. The number of para-hydroxylation sites is 2. The zero-order chi connectivity index (χ0) is 16.9. The lowest BCUT2D eigenvalue weighted by molar-refractivity contribution is 0.0959. The van der Waals surface area contributed by atoms with Crippen LogP contribution in [0, 0.1) is 12.3 Å². The zero-order valence-corrected chi connectivity index (χ0v) is 12.7. The molecule has 0 fully saturated rings. The second-order valence-electron chi connectivity index (χ2n) is 5.03. The third-order valence-electron chi connectivity index (χ3n) is 3.42. The summed E-state index contributed by atoms with van der Waals surface area (Å²) in [5.74, 6) is 1.73. The maximum atomic E-state index is 12.4. The number of hydrogen-bond donors (Lipinski definition) is 2. The van der Waals surface area contributed by atoms with E-state index < -0.39 is 5.91 Å². The van der Waals surface area contributed by atoms with Crippen LogP contribution in [-0.2, 0) is 0 Å². The second kappa shape index (κ2) is 6.71. The van der Waals surface area contributed by atoms with Crippen LogP contribution in [0.1, 0.15) is 20.9 Å². The van der Waals surface area contributed by atoms with Crippen LogP contribution < -0.4 is 10.6 Å². The van der Waals surface area contributed by atoms with Gasteiger partial charge in [-0.25, -0.2) is 0 Å². The van der Waals surface area contributed by atoms with Gasteiger partial charge < -0.3 is 15.1 Å². The molecule has 0 radical (unpaired) electrons. The van der Waals surface area contributed by atoms with E-state index in [2.05, 4.69) is 16.6 Å². The Labute approximate surface area is 138 Å². The molecule has 0 aliphatic heterocycles. The van der Waals surface area contributed by atoms with E-state index in [4.69, 9.17) is 10.8 Å². The fourth-order valence-corrected chi connectivity index (χ4v) is 2.29. The first-order chi connectivity index (χ1) is 11.7. The van der Waals surface area contributed by atoms with Gasteiger partial charge in [0.15, 0.2) is 5.76 Å². The van der Waals surface area contributed by atoms with Gasteiger partial charge in [-0.05, 0) is 24.3 Å². The summed E-state index contributed by atoms with van der Waals surface area (Å²) in [4.78, 5) is 24.5. The number of benzene rings is 2. The Kier molecular flexibility index (Phi) is 4.30. The first-order valence-electron chi connectivity index (χ1n) is 7.29. The van der Waals surface area contributed by atoms with Gasteiger partial charge in [-0.15, -0.1) is 6.42 Å². The molecule has 0 aliphatic carbocycles. The van der Waals surface area contributed by atoms with Crippen LogP contribution >= 0.6 is 0 Å². The molecule has 2 N–H and O–H groups in total. The topological polar surface area (TPSA) is 71.3 Å². The minimum atomic E-state index is -0.427. The average molecular weight is 318 g/mol. The van der Waals surface area contributed by atoms with Crippen LogP contribution in [0.25, 0.3) is 11.0 Å². The third-order valence-corrected chi connectivity index (χ3v) is 3.42. The van der Waals surface area contributed by atoms with Crippen LogP contribution in [-0.4, -0.2) is 18.4 Å². The molecule has 5 heteroatoms. The van der Waals surface area contributed by atoms with Crippen LogP contribution in [0.2, 0.25) is 0 Å². The Morgan fingerprint density at radius 2 is 1.79 bits per heavy atom. The number of nitrogens with one attached hydrogen (secondary N) is 2. The predicted molar refractivity (Wildman–Crippen MR) is 91.8 cm³/mol. The van der Waals surface area contributed by atoms with Gasteiger partial charge in [0.2, 0.25) is 0 Å². The molecular formula is C19H14N2O3. The number of fused-ring (bicyclic) bond motifs is 1. The number of carbonyl (C=O) groups is 2. The van der Waals surface area contributed by atoms with E-state index >= 15 is 0 Å². The monoisotopic (exact) mass is 318 g/mol. The van der Waals surface area contributed by atoms with E-state index in [9.17, 15) is 9.59 Å². The van der Waals surface area contributed by atoms with Crippen molar-refractivity contribution in [1.29, 1.82) is 0 Å². The molecule has 1 heterocycles. The summed E-state index contributed by atoms with van der Waals surface area (Å²) in [6.07, 6.45) is 5.14. The Morgan fingerprint density at radius 3 is 2.58 bits per heavy atom. The highest BCUT2D eigenvalue weighted by Crippen LogP contribution is 2.21. The van der Waals surface area contributed by atoms with Crippen molar-refractivity contribution < 1.29 is 14.0 Å². The van der Waals surface area contributed by atoms with Crippen molar-refractivity contribution in [3.8, 4) is 12.3 Å². The number of anilines is 1. The minimum Gasteiger partial charge on any atom is -0.451 e. The molecule has 5 nitrogen and oxygen atoms in total. The molecule has 0 bridgehead atoms. The molecule has 0 spiro atoms. The smallest absolute Gasteiger partial charge is 0.291 e. The maximum absolute atomic E-state index is 12.4. The molecule has 24 heavy (non-hydrogen) atoms. The first kappa shape index (κ1) is 15.4. The summed E-state index contributed by atoms with van der Waals surface area (Å²) in [5, 5.41) is 6.11. The molecule has 0 aliphatic rings. The molecule has 0 atom stereocenters. The van der Waals surface area contributed by atoms with Gasteiger partial charge in [0, 0.05) is 5.39 Å². The lowest BCUT2D eigenvalue weighted by atomic mass is 10.1. The Balaban J connectivity index is 1.84. The molecule has 2 aromatic carbocycles. The number of terminal acetylenes is 1. The molecule has 3 rings (SSSR count). The quantitative estimate of drug-likeness (QED) is 0.726. The van der Waals surface area contributed by atoms with E-state index in [-0.39, 0.29) is 18.2 Å². The Hall–Kier alpha value is -3.52. The second-order valence-corrected chi connectivity index (χ2v) is 5.03. The maximum Gasteiger partial charge on any atom is 0.291 e. The fourth-order valence-electron chi connectivity index (χ4n) is 2.29. The predicted octanol–water partition coefficient (Wildman–Crippen LogP) is 3.05. The van der Waals surface area contributed by atoms with E-state index in [0.717, 1.165) is 5.39 Å². The molecule has 0 unspecified atom stereocenters. The van der Waals surface area contributed by atoms with E-state index in [1.54, 1.807) is 36.4 Å².